The van der Waals surface area contributed by atoms with Crippen LogP contribution in [0.1, 0.15) is 34.6 Å². The first-order valence-electron chi connectivity index (χ1n) is 6.45. The summed E-state index contributed by atoms with van der Waals surface area (Å²) in [5.74, 6) is -1.02. The van der Waals surface area contributed by atoms with Crippen molar-refractivity contribution in [2.24, 2.45) is 5.41 Å². The summed E-state index contributed by atoms with van der Waals surface area (Å²) < 4.78 is 5.53. The summed E-state index contributed by atoms with van der Waals surface area (Å²) in [7, 11) is 0. The van der Waals surface area contributed by atoms with E-state index in [1.807, 2.05) is 13.8 Å². The Labute approximate surface area is 114 Å². The smallest absolute Gasteiger partial charge is 0.326 e. The third-order valence-electron chi connectivity index (χ3n) is 3.09. The number of ether oxygens (including phenoxy) is 1. The molecule has 1 aliphatic rings. The van der Waals surface area contributed by atoms with Crippen LogP contribution >= 0.6 is 0 Å². The summed E-state index contributed by atoms with van der Waals surface area (Å²) in [5.41, 5.74) is -0.931. The molecule has 0 bridgehead atoms. The average Bonchev–Trinajstić information content (AvgIpc) is 2.21. The Bertz CT molecular complexity index is 360. The van der Waals surface area contributed by atoms with Crippen LogP contribution in [0.4, 0.5) is 4.79 Å². The van der Waals surface area contributed by atoms with Crippen molar-refractivity contribution >= 4 is 12.0 Å². The van der Waals surface area contributed by atoms with E-state index in [2.05, 4.69) is 5.32 Å². The first-order chi connectivity index (χ1) is 8.53. The summed E-state index contributed by atoms with van der Waals surface area (Å²) in [5, 5.41) is 11.8. The van der Waals surface area contributed by atoms with Crippen LogP contribution < -0.4 is 5.32 Å². The molecule has 1 rings (SSSR count). The van der Waals surface area contributed by atoms with E-state index < -0.39 is 23.0 Å². The number of amides is 2. The van der Waals surface area contributed by atoms with Crippen molar-refractivity contribution in [3.8, 4) is 0 Å². The predicted molar refractivity (Wildman–Crippen MR) is 71.0 cm³/mol. The Kier molecular flexibility index (Phi) is 4.45. The lowest BCUT2D eigenvalue weighted by Gasteiger charge is -2.39. The van der Waals surface area contributed by atoms with Crippen LogP contribution in [0.25, 0.3) is 0 Å². The first-order valence-corrected chi connectivity index (χ1v) is 6.45. The van der Waals surface area contributed by atoms with Gasteiger partial charge in [0.2, 0.25) is 0 Å². The van der Waals surface area contributed by atoms with Crippen molar-refractivity contribution in [2.45, 2.75) is 46.3 Å². The second-order valence-electron chi connectivity index (χ2n) is 6.62. The molecule has 1 saturated heterocycles. The van der Waals surface area contributed by atoms with Crippen molar-refractivity contribution in [1.82, 2.24) is 10.2 Å². The molecule has 0 radical (unpaired) electrons. The van der Waals surface area contributed by atoms with Gasteiger partial charge in [-0.05, 0) is 19.3 Å². The maximum absolute atomic E-state index is 12.1. The van der Waals surface area contributed by atoms with Crippen LogP contribution in [0.3, 0.4) is 0 Å². The number of aliphatic carboxylic acids is 1. The van der Waals surface area contributed by atoms with Crippen molar-refractivity contribution < 1.29 is 19.4 Å². The van der Waals surface area contributed by atoms with Gasteiger partial charge < -0.3 is 20.1 Å². The monoisotopic (exact) mass is 272 g/mol. The number of urea groups is 1. The fraction of sp³-hybridized carbons (Fsp3) is 0.846. The van der Waals surface area contributed by atoms with Crippen molar-refractivity contribution in [1.29, 1.82) is 0 Å². The van der Waals surface area contributed by atoms with Crippen molar-refractivity contribution in [2.75, 3.05) is 19.7 Å². The summed E-state index contributed by atoms with van der Waals surface area (Å²) in [6.07, 6.45) is 0. The van der Waals surface area contributed by atoms with Crippen molar-refractivity contribution in [3.63, 3.8) is 0 Å². The van der Waals surface area contributed by atoms with Gasteiger partial charge in [0.1, 0.15) is 6.04 Å². The average molecular weight is 272 g/mol. The maximum atomic E-state index is 12.1. The van der Waals surface area contributed by atoms with Gasteiger partial charge in [-0.2, -0.15) is 0 Å². The van der Waals surface area contributed by atoms with E-state index in [1.54, 1.807) is 25.7 Å². The number of morpholine rings is 1. The molecule has 0 aromatic rings. The Balaban J connectivity index is 2.70. The van der Waals surface area contributed by atoms with Crippen LogP contribution in [0.15, 0.2) is 0 Å². The van der Waals surface area contributed by atoms with E-state index in [9.17, 15) is 14.7 Å². The number of carbonyl (C=O) groups excluding carboxylic acids is 1. The quantitative estimate of drug-likeness (QED) is 0.794. The van der Waals surface area contributed by atoms with Crippen molar-refractivity contribution in [3.05, 3.63) is 0 Å². The number of hydrogen-bond acceptors (Lipinski definition) is 3. The predicted octanol–water partition coefficient (Wildman–Crippen LogP) is 1.31. The molecule has 0 aliphatic carbocycles. The topological polar surface area (TPSA) is 78.9 Å². The molecule has 6 heteroatoms. The SMILES string of the molecule is CC1(C)CN(C(=O)N[C@H](C(=O)O)C(C)(C)C)CCO1. The Hall–Kier alpha value is -1.30. The molecule has 1 heterocycles. The number of carbonyl (C=O) groups is 2. The fourth-order valence-corrected chi connectivity index (χ4v) is 2.05. The molecule has 0 aromatic heterocycles. The largest absolute Gasteiger partial charge is 0.480 e. The summed E-state index contributed by atoms with van der Waals surface area (Å²) in [4.78, 5) is 25.0. The minimum atomic E-state index is -1.02. The third-order valence-corrected chi connectivity index (χ3v) is 3.09. The lowest BCUT2D eigenvalue weighted by molar-refractivity contribution is -0.142. The Morgan fingerprint density at radius 3 is 2.37 bits per heavy atom. The molecule has 2 amide bonds. The molecule has 6 nitrogen and oxygen atoms in total. The van der Waals surface area contributed by atoms with Gasteiger partial charge in [-0.25, -0.2) is 9.59 Å². The highest BCUT2D eigenvalue weighted by Gasteiger charge is 2.36. The number of nitrogens with zero attached hydrogens (tertiary/aromatic N) is 1. The van der Waals surface area contributed by atoms with Crippen LogP contribution in [-0.4, -0.2) is 53.3 Å². The zero-order valence-electron chi connectivity index (χ0n) is 12.3. The van der Waals surface area contributed by atoms with Gasteiger partial charge >= 0.3 is 12.0 Å². The standard InChI is InChI=1S/C13H24N2O4/c1-12(2,3)9(10(16)17)14-11(18)15-6-7-19-13(4,5)8-15/h9H,6-8H2,1-5H3,(H,14,18)(H,16,17)/t9-/m1/s1. The second-order valence-corrected chi connectivity index (χ2v) is 6.62. The summed E-state index contributed by atoms with van der Waals surface area (Å²) in [6, 6.07) is -1.26. The van der Waals surface area contributed by atoms with Crippen LogP contribution in [-0.2, 0) is 9.53 Å². The number of carboxylic acid groups (broad SMARTS) is 1. The van der Waals surface area contributed by atoms with E-state index in [4.69, 9.17) is 4.74 Å². The molecule has 0 unspecified atom stereocenters. The van der Waals surface area contributed by atoms with Gasteiger partial charge in [0.25, 0.3) is 0 Å². The normalized spacial score (nSPS) is 20.8. The van der Waals surface area contributed by atoms with E-state index in [1.165, 1.54) is 0 Å². The van der Waals surface area contributed by atoms with Gasteiger partial charge in [-0.15, -0.1) is 0 Å². The highest BCUT2D eigenvalue weighted by molar-refractivity contribution is 5.83. The lowest BCUT2D eigenvalue weighted by atomic mass is 9.87. The van der Waals surface area contributed by atoms with E-state index in [-0.39, 0.29) is 6.03 Å². The van der Waals surface area contributed by atoms with Gasteiger partial charge in [0.05, 0.1) is 18.8 Å². The number of carboxylic acids is 1. The van der Waals surface area contributed by atoms with Gasteiger partial charge in [-0.1, -0.05) is 20.8 Å². The highest BCUT2D eigenvalue weighted by atomic mass is 16.5. The number of nitrogens with one attached hydrogen (secondary N) is 1. The molecular weight excluding hydrogens is 248 g/mol. The summed E-state index contributed by atoms with van der Waals surface area (Å²) >= 11 is 0. The molecule has 0 aromatic carbocycles. The van der Waals surface area contributed by atoms with Crippen LogP contribution in [0.5, 0.6) is 0 Å². The Morgan fingerprint density at radius 2 is 1.95 bits per heavy atom. The van der Waals surface area contributed by atoms with Crippen LogP contribution in [0, 0.1) is 5.41 Å². The second kappa shape index (κ2) is 5.36. The maximum Gasteiger partial charge on any atom is 0.326 e. The minimum Gasteiger partial charge on any atom is -0.480 e. The molecule has 110 valence electrons. The minimum absolute atomic E-state index is 0.348. The zero-order chi connectivity index (χ0) is 14.8. The van der Waals surface area contributed by atoms with Crippen LogP contribution in [0.2, 0.25) is 0 Å². The molecule has 2 N–H and O–H groups in total. The molecule has 1 atom stereocenters. The molecule has 0 spiro atoms. The van der Waals surface area contributed by atoms with Gasteiger partial charge in [-0.3, -0.25) is 0 Å². The molecular formula is C13H24N2O4. The highest BCUT2D eigenvalue weighted by Crippen LogP contribution is 2.21. The van der Waals surface area contributed by atoms with Gasteiger partial charge in [0, 0.05) is 6.54 Å². The Morgan fingerprint density at radius 1 is 1.37 bits per heavy atom. The lowest BCUT2D eigenvalue weighted by Crippen LogP contribution is -2.58. The fourth-order valence-electron chi connectivity index (χ4n) is 2.05. The first kappa shape index (κ1) is 15.8. The number of hydrogen-bond donors (Lipinski definition) is 2. The van der Waals surface area contributed by atoms with Gasteiger partial charge in [0.15, 0.2) is 0 Å². The zero-order valence-corrected chi connectivity index (χ0v) is 12.3. The molecule has 19 heavy (non-hydrogen) atoms. The number of rotatable bonds is 2. The van der Waals surface area contributed by atoms with E-state index >= 15 is 0 Å². The molecule has 1 fully saturated rings. The molecule has 0 saturated carbocycles. The molecule has 1 aliphatic heterocycles. The van der Waals surface area contributed by atoms with E-state index in [0.717, 1.165) is 0 Å². The third kappa shape index (κ3) is 4.38. The van der Waals surface area contributed by atoms with E-state index in [0.29, 0.717) is 19.7 Å². The summed E-state index contributed by atoms with van der Waals surface area (Å²) in [6.45, 7) is 10.6.